The number of aliphatic hydroxyl groups excluding tert-OH is 1. The second kappa shape index (κ2) is 6.66. The first-order valence-corrected chi connectivity index (χ1v) is 6.97. The lowest BCUT2D eigenvalue weighted by atomic mass is 9.86. The van der Waals surface area contributed by atoms with Gasteiger partial charge in [0.25, 0.3) is 0 Å². The van der Waals surface area contributed by atoms with Crippen molar-refractivity contribution < 1.29 is 9.90 Å². The molecule has 1 fully saturated rings. The minimum atomic E-state index is 0.131. The van der Waals surface area contributed by atoms with Crippen LogP contribution >= 0.6 is 0 Å². The van der Waals surface area contributed by atoms with Gasteiger partial charge in [-0.05, 0) is 43.7 Å². The molecule has 0 spiro atoms. The first-order valence-electron chi connectivity index (χ1n) is 6.97. The molecule has 0 radical (unpaired) electrons. The Morgan fingerprint density at radius 1 is 1.37 bits per heavy atom. The van der Waals surface area contributed by atoms with E-state index in [1.807, 2.05) is 30.1 Å². The topological polar surface area (TPSA) is 53.4 Å². The van der Waals surface area contributed by atoms with E-state index < -0.39 is 0 Å². The van der Waals surface area contributed by atoms with Crippen molar-refractivity contribution in [2.24, 2.45) is 5.92 Å². The fourth-order valence-electron chi connectivity index (χ4n) is 2.70. The molecule has 1 saturated carbocycles. The molecule has 0 unspecified atom stereocenters. The van der Waals surface area contributed by atoms with Gasteiger partial charge in [-0.2, -0.15) is 0 Å². The molecule has 1 amide bonds. The van der Waals surface area contributed by atoms with Gasteiger partial charge in [-0.3, -0.25) is 9.78 Å². The Morgan fingerprint density at radius 3 is 2.68 bits per heavy atom. The van der Waals surface area contributed by atoms with E-state index in [1.165, 1.54) is 0 Å². The monoisotopic (exact) mass is 262 g/mol. The SMILES string of the molecule is CN(C(=O)Cc1ccccn1)C1CCC(CO)CC1. The third-order valence-corrected chi connectivity index (χ3v) is 4.07. The van der Waals surface area contributed by atoms with Gasteiger partial charge in [0.2, 0.25) is 5.91 Å². The van der Waals surface area contributed by atoms with Crippen molar-refractivity contribution in [2.75, 3.05) is 13.7 Å². The summed E-state index contributed by atoms with van der Waals surface area (Å²) in [6.07, 6.45) is 6.11. The lowest BCUT2D eigenvalue weighted by Crippen LogP contribution is -2.40. The lowest BCUT2D eigenvalue weighted by molar-refractivity contribution is -0.132. The summed E-state index contributed by atoms with van der Waals surface area (Å²) < 4.78 is 0. The number of carbonyl (C=O) groups excluding carboxylic acids is 1. The minimum Gasteiger partial charge on any atom is -0.396 e. The molecular formula is C15H22N2O2. The molecular weight excluding hydrogens is 240 g/mol. The summed E-state index contributed by atoms with van der Waals surface area (Å²) in [7, 11) is 1.88. The quantitative estimate of drug-likeness (QED) is 0.897. The largest absolute Gasteiger partial charge is 0.396 e. The second-order valence-corrected chi connectivity index (χ2v) is 5.36. The van der Waals surface area contributed by atoms with E-state index >= 15 is 0 Å². The number of hydrogen-bond acceptors (Lipinski definition) is 3. The maximum Gasteiger partial charge on any atom is 0.228 e. The highest BCUT2D eigenvalue weighted by atomic mass is 16.3. The standard InChI is InChI=1S/C15H22N2O2/c1-17(14-7-5-12(11-18)6-8-14)15(19)10-13-4-2-3-9-16-13/h2-4,9,12,14,18H,5-8,10-11H2,1H3. The zero-order valence-electron chi connectivity index (χ0n) is 11.5. The molecule has 0 saturated heterocycles. The zero-order valence-corrected chi connectivity index (χ0v) is 11.5. The summed E-state index contributed by atoms with van der Waals surface area (Å²) in [4.78, 5) is 18.3. The van der Waals surface area contributed by atoms with E-state index in [2.05, 4.69) is 4.98 Å². The lowest BCUT2D eigenvalue weighted by Gasteiger charge is -2.34. The van der Waals surface area contributed by atoms with Crippen molar-refractivity contribution in [1.82, 2.24) is 9.88 Å². The number of nitrogens with zero attached hydrogens (tertiary/aromatic N) is 2. The Hall–Kier alpha value is -1.42. The maximum atomic E-state index is 12.2. The molecule has 0 bridgehead atoms. The number of aliphatic hydroxyl groups is 1. The smallest absolute Gasteiger partial charge is 0.228 e. The van der Waals surface area contributed by atoms with Gasteiger partial charge < -0.3 is 10.0 Å². The number of likely N-dealkylation sites (N-methyl/N-ethyl adjacent to an activating group) is 1. The summed E-state index contributed by atoms with van der Waals surface area (Å²) in [5, 5.41) is 9.13. The predicted octanol–water partition coefficient (Wildman–Crippen LogP) is 1.63. The predicted molar refractivity (Wildman–Crippen MR) is 73.5 cm³/mol. The van der Waals surface area contributed by atoms with Gasteiger partial charge in [0.05, 0.1) is 6.42 Å². The van der Waals surface area contributed by atoms with Gasteiger partial charge in [-0.15, -0.1) is 0 Å². The minimum absolute atomic E-state index is 0.131. The zero-order chi connectivity index (χ0) is 13.7. The van der Waals surface area contributed by atoms with Crippen LogP contribution in [0.1, 0.15) is 31.4 Å². The van der Waals surface area contributed by atoms with Crippen molar-refractivity contribution in [2.45, 2.75) is 38.1 Å². The van der Waals surface area contributed by atoms with Crippen LogP contribution in [0.4, 0.5) is 0 Å². The van der Waals surface area contributed by atoms with E-state index in [4.69, 9.17) is 5.11 Å². The summed E-state index contributed by atoms with van der Waals surface area (Å²) in [5.41, 5.74) is 0.823. The van der Waals surface area contributed by atoms with Crippen molar-refractivity contribution in [3.05, 3.63) is 30.1 Å². The van der Waals surface area contributed by atoms with Crippen LogP contribution in [0.3, 0.4) is 0 Å². The van der Waals surface area contributed by atoms with Crippen molar-refractivity contribution in [3.63, 3.8) is 0 Å². The Labute approximate surface area is 114 Å². The van der Waals surface area contributed by atoms with Gasteiger partial charge >= 0.3 is 0 Å². The fourth-order valence-corrected chi connectivity index (χ4v) is 2.70. The highest BCUT2D eigenvalue weighted by Gasteiger charge is 2.26. The van der Waals surface area contributed by atoms with Crippen LogP contribution in [-0.2, 0) is 11.2 Å². The maximum absolute atomic E-state index is 12.2. The Kier molecular flexibility index (Phi) is 4.91. The molecule has 104 valence electrons. The molecule has 1 aromatic rings. The third kappa shape index (κ3) is 3.77. The number of pyridine rings is 1. The van der Waals surface area contributed by atoms with E-state index in [-0.39, 0.29) is 12.5 Å². The molecule has 0 aliphatic heterocycles. The molecule has 0 atom stereocenters. The Bertz CT molecular complexity index is 400. The Balaban J connectivity index is 1.86. The Morgan fingerprint density at radius 2 is 2.11 bits per heavy atom. The summed E-state index contributed by atoms with van der Waals surface area (Å²) >= 11 is 0. The van der Waals surface area contributed by atoms with E-state index in [9.17, 15) is 4.79 Å². The van der Waals surface area contributed by atoms with Gasteiger partial charge in [0, 0.05) is 31.6 Å². The van der Waals surface area contributed by atoms with Crippen molar-refractivity contribution in [1.29, 1.82) is 0 Å². The first-order chi connectivity index (χ1) is 9.20. The van der Waals surface area contributed by atoms with Crippen LogP contribution in [0.2, 0.25) is 0 Å². The number of rotatable bonds is 4. The summed E-state index contributed by atoms with van der Waals surface area (Å²) in [5.74, 6) is 0.557. The van der Waals surface area contributed by atoms with Crippen LogP contribution in [0, 0.1) is 5.92 Å². The molecule has 1 heterocycles. The van der Waals surface area contributed by atoms with E-state index in [0.29, 0.717) is 18.4 Å². The van der Waals surface area contributed by atoms with E-state index in [1.54, 1.807) is 6.20 Å². The van der Waals surface area contributed by atoms with Gasteiger partial charge in [0.15, 0.2) is 0 Å². The fraction of sp³-hybridized carbons (Fsp3) is 0.600. The summed E-state index contributed by atoms with van der Waals surface area (Å²) in [6, 6.07) is 5.96. The number of amides is 1. The molecule has 1 aromatic heterocycles. The molecule has 1 aliphatic carbocycles. The molecule has 2 rings (SSSR count). The average molecular weight is 262 g/mol. The van der Waals surface area contributed by atoms with Gasteiger partial charge in [0.1, 0.15) is 0 Å². The van der Waals surface area contributed by atoms with Crippen molar-refractivity contribution in [3.8, 4) is 0 Å². The summed E-state index contributed by atoms with van der Waals surface area (Å²) in [6.45, 7) is 0.276. The highest BCUT2D eigenvalue weighted by molar-refractivity contribution is 5.78. The van der Waals surface area contributed by atoms with Crippen LogP contribution < -0.4 is 0 Å². The third-order valence-electron chi connectivity index (χ3n) is 4.07. The molecule has 19 heavy (non-hydrogen) atoms. The highest BCUT2D eigenvalue weighted by Crippen LogP contribution is 2.26. The number of hydrogen-bond donors (Lipinski definition) is 1. The van der Waals surface area contributed by atoms with Crippen LogP contribution in [0.5, 0.6) is 0 Å². The molecule has 4 nitrogen and oxygen atoms in total. The van der Waals surface area contributed by atoms with Crippen LogP contribution in [0.25, 0.3) is 0 Å². The number of carbonyl (C=O) groups is 1. The first kappa shape index (κ1) is 14.0. The molecule has 0 aromatic carbocycles. The van der Waals surface area contributed by atoms with Gasteiger partial charge in [-0.1, -0.05) is 6.07 Å². The second-order valence-electron chi connectivity index (χ2n) is 5.36. The molecule has 4 heteroatoms. The van der Waals surface area contributed by atoms with Crippen LogP contribution in [-0.4, -0.2) is 40.6 Å². The normalized spacial score (nSPS) is 23.1. The molecule has 1 aliphatic rings. The number of aromatic nitrogens is 1. The van der Waals surface area contributed by atoms with E-state index in [0.717, 1.165) is 31.4 Å². The van der Waals surface area contributed by atoms with Gasteiger partial charge in [-0.25, -0.2) is 0 Å². The van der Waals surface area contributed by atoms with Crippen molar-refractivity contribution >= 4 is 5.91 Å². The van der Waals surface area contributed by atoms with Crippen LogP contribution in [0.15, 0.2) is 24.4 Å². The average Bonchev–Trinajstić information content (AvgIpc) is 2.47. The molecule has 1 N–H and O–H groups in total.